The van der Waals surface area contributed by atoms with Crippen LogP contribution in [0.3, 0.4) is 0 Å². The number of hydrogen-bond acceptors (Lipinski definition) is 4. The van der Waals surface area contributed by atoms with E-state index in [4.69, 9.17) is 0 Å². The monoisotopic (exact) mass is 338 g/mol. The number of hydrogen-bond donors (Lipinski definition) is 1. The molecule has 1 aromatic carbocycles. The third kappa shape index (κ3) is 4.79. The Labute approximate surface area is 136 Å². The smallest absolute Gasteiger partial charge is 0.233 e. The Kier molecular flexibility index (Phi) is 5.41. The Morgan fingerprint density at radius 3 is 2.43 bits per heavy atom. The van der Waals surface area contributed by atoms with Gasteiger partial charge in [-0.3, -0.25) is 9.59 Å². The Bertz CT molecular complexity index is 683. The van der Waals surface area contributed by atoms with Gasteiger partial charge in [-0.1, -0.05) is 19.1 Å². The summed E-state index contributed by atoms with van der Waals surface area (Å²) >= 11 is 0. The molecule has 0 spiro atoms. The highest BCUT2D eigenvalue weighted by Crippen LogP contribution is 2.17. The minimum Gasteiger partial charge on any atom is -0.341 e. The lowest BCUT2D eigenvalue weighted by molar-refractivity contribution is -0.134. The van der Waals surface area contributed by atoms with Gasteiger partial charge in [0.15, 0.2) is 9.84 Å². The zero-order valence-electron chi connectivity index (χ0n) is 13.4. The first-order chi connectivity index (χ1) is 10.8. The highest BCUT2D eigenvalue weighted by molar-refractivity contribution is 7.91. The van der Waals surface area contributed by atoms with Crippen LogP contribution in [-0.4, -0.2) is 49.7 Å². The molecule has 0 aromatic heterocycles. The predicted molar refractivity (Wildman–Crippen MR) is 88.9 cm³/mol. The number of carbonyl (C=O) groups is 2. The van der Waals surface area contributed by atoms with Gasteiger partial charge in [0.05, 0.1) is 11.5 Å². The van der Waals surface area contributed by atoms with Crippen molar-refractivity contribution in [2.75, 3.05) is 23.9 Å². The summed E-state index contributed by atoms with van der Waals surface area (Å²) in [6.45, 7) is 2.05. The third-order valence-electron chi connectivity index (χ3n) is 4.11. The number of benzene rings is 1. The summed E-state index contributed by atoms with van der Waals surface area (Å²) in [5, 5.41) is 2.68. The van der Waals surface area contributed by atoms with E-state index in [-0.39, 0.29) is 29.9 Å². The predicted octanol–water partition coefficient (Wildman–Crippen LogP) is 1.22. The number of nitrogens with zero attached hydrogens (tertiary/aromatic N) is 1. The Hall–Kier alpha value is -1.89. The molecular formula is C16H22N2O4S. The fourth-order valence-electron chi connectivity index (χ4n) is 2.58. The zero-order chi connectivity index (χ0) is 17.0. The number of aryl methyl sites for hydroxylation is 1. The van der Waals surface area contributed by atoms with Crippen LogP contribution in [0.5, 0.6) is 0 Å². The van der Waals surface area contributed by atoms with Gasteiger partial charge in [-0.05, 0) is 30.5 Å². The summed E-state index contributed by atoms with van der Waals surface area (Å²) in [4.78, 5) is 25.4. The largest absolute Gasteiger partial charge is 0.341 e. The van der Waals surface area contributed by atoms with Gasteiger partial charge in [0, 0.05) is 18.8 Å². The number of sulfone groups is 1. The summed E-state index contributed by atoms with van der Waals surface area (Å²) in [5.74, 6) is -0.678. The molecule has 1 N–H and O–H groups in total. The maximum absolute atomic E-state index is 12.1. The van der Waals surface area contributed by atoms with Crippen molar-refractivity contribution in [3.8, 4) is 0 Å². The average molecular weight is 338 g/mol. The van der Waals surface area contributed by atoms with Crippen molar-refractivity contribution in [1.29, 1.82) is 0 Å². The van der Waals surface area contributed by atoms with E-state index in [1.54, 1.807) is 19.2 Å². The molecule has 0 bridgehead atoms. The van der Waals surface area contributed by atoms with Gasteiger partial charge < -0.3 is 10.2 Å². The molecule has 1 unspecified atom stereocenters. The van der Waals surface area contributed by atoms with Gasteiger partial charge >= 0.3 is 0 Å². The average Bonchev–Trinajstić information content (AvgIpc) is 2.87. The van der Waals surface area contributed by atoms with Crippen LogP contribution < -0.4 is 5.32 Å². The van der Waals surface area contributed by atoms with E-state index in [0.717, 1.165) is 6.42 Å². The maximum Gasteiger partial charge on any atom is 0.233 e. The van der Waals surface area contributed by atoms with Crippen LogP contribution in [0.1, 0.15) is 25.3 Å². The number of rotatable bonds is 5. The molecule has 1 aromatic rings. The quantitative estimate of drug-likeness (QED) is 0.818. The molecule has 1 fully saturated rings. The lowest BCUT2D eigenvalue weighted by Crippen LogP contribution is -2.39. The number of carbonyl (C=O) groups excluding carboxylic acids is 2. The summed E-state index contributed by atoms with van der Waals surface area (Å²) in [7, 11) is -1.50. The summed E-state index contributed by atoms with van der Waals surface area (Å²) < 4.78 is 22.9. The van der Waals surface area contributed by atoms with Crippen molar-refractivity contribution in [2.24, 2.45) is 0 Å². The fraction of sp³-hybridized carbons (Fsp3) is 0.500. The first kappa shape index (κ1) is 17.5. The van der Waals surface area contributed by atoms with Crippen molar-refractivity contribution >= 4 is 27.3 Å². The number of nitrogens with one attached hydrogen (secondary N) is 1. The van der Waals surface area contributed by atoms with E-state index in [2.05, 4.69) is 5.32 Å². The van der Waals surface area contributed by atoms with Crippen molar-refractivity contribution in [1.82, 2.24) is 4.90 Å². The molecule has 1 aliphatic rings. The van der Waals surface area contributed by atoms with Gasteiger partial charge in [-0.2, -0.15) is 0 Å². The first-order valence-electron chi connectivity index (χ1n) is 7.65. The van der Waals surface area contributed by atoms with E-state index in [1.807, 2.05) is 19.1 Å². The molecule has 2 rings (SSSR count). The minimum absolute atomic E-state index is 0.0185. The summed E-state index contributed by atoms with van der Waals surface area (Å²) in [6, 6.07) is 7.12. The van der Waals surface area contributed by atoms with E-state index in [0.29, 0.717) is 12.1 Å². The molecule has 0 radical (unpaired) electrons. The molecule has 1 heterocycles. The molecule has 0 aliphatic carbocycles. The minimum atomic E-state index is -3.05. The third-order valence-corrected chi connectivity index (χ3v) is 5.86. The molecule has 126 valence electrons. The topological polar surface area (TPSA) is 83.6 Å². The van der Waals surface area contributed by atoms with Gasteiger partial charge in [0.25, 0.3) is 0 Å². The molecule has 7 heteroatoms. The van der Waals surface area contributed by atoms with Crippen LogP contribution in [0.4, 0.5) is 5.69 Å². The highest BCUT2D eigenvalue weighted by atomic mass is 32.2. The van der Waals surface area contributed by atoms with Crippen LogP contribution in [-0.2, 0) is 25.8 Å². The number of anilines is 1. The Balaban J connectivity index is 1.87. The molecular weight excluding hydrogens is 316 g/mol. The van der Waals surface area contributed by atoms with Crippen LogP contribution in [0.2, 0.25) is 0 Å². The SMILES string of the molecule is CCc1ccc(NC(=O)CC(=O)N(C)C2CCS(=O)(=O)C2)cc1. The van der Waals surface area contributed by atoms with Crippen LogP contribution in [0, 0.1) is 0 Å². The van der Waals surface area contributed by atoms with Crippen molar-refractivity contribution in [3.63, 3.8) is 0 Å². The normalized spacial score (nSPS) is 19.3. The Morgan fingerprint density at radius 2 is 1.91 bits per heavy atom. The van der Waals surface area contributed by atoms with Crippen LogP contribution in [0.25, 0.3) is 0 Å². The highest BCUT2D eigenvalue weighted by Gasteiger charge is 2.33. The van der Waals surface area contributed by atoms with E-state index >= 15 is 0 Å². The van der Waals surface area contributed by atoms with Crippen LogP contribution >= 0.6 is 0 Å². The van der Waals surface area contributed by atoms with Gasteiger partial charge in [0.2, 0.25) is 11.8 Å². The summed E-state index contributed by atoms with van der Waals surface area (Å²) in [5.41, 5.74) is 1.81. The summed E-state index contributed by atoms with van der Waals surface area (Å²) in [6.07, 6.45) is 1.06. The van der Waals surface area contributed by atoms with Gasteiger partial charge in [0.1, 0.15) is 6.42 Å². The second-order valence-electron chi connectivity index (χ2n) is 5.84. The molecule has 23 heavy (non-hydrogen) atoms. The lowest BCUT2D eigenvalue weighted by atomic mass is 10.1. The molecule has 0 saturated carbocycles. The van der Waals surface area contributed by atoms with Gasteiger partial charge in [-0.15, -0.1) is 0 Å². The second-order valence-corrected chi connectivity index (χ2v) is 8.07. The molecule has 1 atom stereocenters. The zero-order valence-corrected chi connectivity index (χ0v) is 14.2. The lowest BCUT2D eigenvalue weighted by Gasteiger charge is -2.23. The number of amides is 2. The van der Waals surface area contributed by atoms with Crippen molar-refractivity contribution in [2.45, 2.75) is 32.2 Å². The van der Waals surface area contributed by atoms with Gasteiger partial charge in [-0.25, -0.2) is 8.42 Å². The maximum atomic E-state index is 12.1. The van der Waals surface area contributed by atoms with Crippen molar-refractivity contribution in [3.05, 3.63) is 29.8 Å². The van der Waals surface area contributed by atoms with Crippen LogP contribution in [0.15, 0.2) is 24.3 Å². The van der Waals surface area contributed by atoms with E-state index < -0.39 is 15.7 Å². The first-order valence-corrected chi connectivity index (χ1v) is 9.47. The standard InChI is InChI=1S/C16H22N2O4S/c1-3-12-4-6-13(7-5-12)17-15(19)10-16(20)18(2)14-8-9-23(21,22)11-14/h4-7,14H,3,8-11H2,1-2H3,(H,17,19). The van der Waals surface area contributed by atoms with E-state index in [9.17, 15) is 18.0 Å². The Morgan fingerprint density at radius 1 is 1.26 bits per heavy atom. The van der Waals surface area contributed by atoms with E-state index in [1.165, 1.54) is 10.5 Å². The second kappa shape index (κ2) is 7.12. The molecule has 1 saturated heterocycles. The molecule has 1 aliphatic heterocycles. The molecule has 2 amide bonds. The fourth-order valence-corrected chi connectivity index (χ4v) is 4.35. The van der Waals surface area contributed by atoms with Crippen molar-refractivity contribution < 1.29 is 18.0 Å². The molecule has 6 nitrogen and oxygen atoms in total.